The van der Waals surface area contributed by atoms with Gasteiger partial charge in [-0.3, -0.25) is 4.79 Å². The average molecular weight is 466 g/mol. The van der Waals surface area contributed by atoms with Gasteiger partial charge in [0.15, 0.2) is 0 Å². The molecule has 0 unspecified atom stereocenters. The summed E-state index contributed by atoms with van der Waals surface area (Å²) in [6.45, 7) is 10.6. The number of hydrogen-bond donors (Lipinski definition) is 2. The normalized spacial score (nSPS) is 11.2. The molecular formula is C26H35N5O3. The van der Waals surface area contributed by atoms with Crippen LogP contribution in [-0.2, 0) is 17.6 Å². The third-order valence-electron chi connectivity index (χ3n) is 5.99. The van der Waals surface area contributed by atoms with Crippen molar-refractivity contribution in [2.45, 2.75) is 59.9 Å². The van der Waals surface area contributed by atoms with Crippen LogP contribution in [0.15, 0.2) is 28.8 Å². The first-order chi connectivity index (χ1) is 16.2. The second-order valence-corrected chi connectivity index (χ2v) is 8.84. The Morgan fingerprint density at radius 3 is 2.59 bits per heavy atom. The van der Waals surface area contributed by atoms with E-state index in [9.17, 15) is 4.79 Å². The molecule has 8 nitrogen and oxygen atoms in total. The predicted molar refractivity (Wildman–Crippen MR) is 134 cm³/mol. The van der Waals surface area contributed by atoms with E-state index in [0.29, 0.717) is 30.6 Å². The summed E-state index contributed by atoms with van der Waals surface area (Å²) in [4.78, 5) is 23.4. The van der Waals surface area contributed by atoms with Crippen molar-refractivity contribution < 1.29 is 14.4 Å². The van der Waals surface area contributed by atoms with Crippen molar-refractivity contribution in [1.29, 1.82) is 0 Å². The number of aryl methyl sites for hydroxylation is 3. The van der Waals surface area contributed by atoms with Gasteiger partial charge in [0.05, 0.1) is 6.61 Å². The lowest BCUT2D eigenvalue weighted by molar-refractivity contribution is -0.121. The standard InChI is InChI=1S/C26H35N5O3/c1-7-19-14-20(12-17(4)22(19)8-9-24(33)27-10-11-32)25-29-26(34-30-25)21-13-18(5)28-23(15-21)31(6)16(2)3/h12-16,32H,7-11H2,1-6H3,(H,27,33). The number of nitrogens with zero attached hydrogens (tertiary/aromatic N) is 4. The largest absolute Gasteiger partial charge is 0.395 e. The van der Waals surface area contributed by atoms with E-state index < -0.39 is 0 Å². The smallest absolute Gasteiger partial charge is 0.258 e. The van der Waals surface area contributed by atoms with Gasteiger partial charge >= 0.3 is 0 Å². The van der Waals surface area contributed by atoms with Gasteiger partial charge in [-0.1, -0.05) is 12.1 Å². The number of nitrogens with one attached hydrogen (secondary N) is 1. The van der Waals surface area contributed by atoms with E-state index in [-0.39, 0.29) is 19.1 Å². The Hall–Kier alpha value is -3.26. The molecule has 1 aromatic carbocycles. The molecule has 0 aliphatic heterocycles. The van der Waals surface area contributed by atoms with E-state index in [1.54, 1.807) is 0 Å². The zero-order valence-electron chi connectivity index (χ0n) is 21.0. The van der Waals surface area contributed by atoms with Crippen molar-refractivity contribution in [3.8, 4) is 22.8 Å². The molecule has 0 saturated carbocycles. The summed E-state index contributed by atoms with van der Waals surface area (Å²) >= 11 is 0. The van der Waals surface area contributed by atoms with E-state index in [2.05, 4.69) is 52.2 Å². The van der Waals surface area contributed by atoms with Gasteiger partial charge in [0.25, 0.3) is 5.89 Å². The van der Waals surface area contributed by atoms with Gasteiger partial charge in [-0.15, -0.1) is 0 Å². The summed E-state index contributed by atoms with van der Waals surface area (Å²) < 4.78 is 5.63. The number of aliphatic hydroxyl groups excluding tert-OH is 1. The highest BCUT2D eigenvalue weighted by Gasteiger charge is 2.17. The molecule has 0 saturated heterocycles. The number of hydrogen-bond acceptors (Lipinski definition) is 7. The molecule has 3 rings (SSSR count). The van der Waals surface area contributed by atoms with Crippen molar-refractivity contribution in [3.63, 3.8) is 0 Å². The molecule has 0 fully saturated rings. The Morgan fingerprint density at radius 2 is 1.91 bits per heavy atom. The van der Waals surface area contributed by atoms with E-state index in [4.69, 9.17) is 9.63 Å². The van der Waals surface area contributed by atoms with Crippen molar-refractivity contribution in [3.05, 3.63) is 46.6 Å². The number of benzene rings is 1. The van der Waals surface area contributed by atoms with Crippen LogP contribution in [0.25, 0.3) is 22.8 Å². The van der Waals surface area contributed by atoms with Crippen LogP contribution in [0.5, 0.6) is 0 Å². The summed E-state index contributed by atoms with van der Waals surface area (Å²) in [5, 5.41) is 15.8. The summed E-state index contributed by atoms with van der Waals surface area (Å²) in [6.07, 6.45) is 1.86. The van der Waals surface area contributed by atoms with E-state index in [0.717, 1.165) is 40.2 Å². The summed E-state index contributed by atoms with van der Waals surface area (Å²) in [5.41, 5.74) is 6.04. The number of rotatable bonds is 10. The van der Waals surface area contributed by atoms with Crippen molar-refractivity contribution >= 4 is 11.7 Å². The van der Waals surface area contributed by atoms with Gasteiger partial charge in [0.2, 0.25) is 11.7 Å². The van der Waals surface area contributed by atoms with Gasteiger partial charge in [-0.25, -0.2) is 4.98 Å². The number of aliphatic hydroxyl groups is 1. The van der Waals surface area contributed by atoms with Crippen LogP contribution >= 0.6 is 0 Å². The minimum Gasteiger partial charge on any atom is -0.395 e. The molecule has 0 atom stereocenters. The molecule has 0 aliphatic carbocycles. The van der Waals surface area contributed by atoms with Crippen LogP contribution in [0.4, 0.5) is 5.82 Å². The minimum atomic E-state index is -0.0579. The number of amides is 1. The second-order valence-electron chi connectivity index (χ2n) is 8.84. The highest BCUT2D eigenvalue weighted by atomic mass is 16.5. The molecule has 1 amide bonds. The number of aromatic nitrogens is 3. The quantitative estimate of drug-likeness (QED) is 0.468. The SMILES string of the molecule is CCc1cc(-c2noc(-c3cc(C)nc(N(C)C(C)C)c3)n2)cc(C)c1CCC(=O)NCCO. The lowest BCUT2D eigenvalue weighted by atomic mass is 9.93. The maximum Gasteiger partial charge on any atom is 0.258 e. The second kappa shape index (κ2) is 11.2. The van der Waals surface area contributed by atoms with E-state index >= 15 is 0 Å². The molecule has 3 aromatic rings. The Bertz CT molecular complexity index is 1140. The number of carbonyl (C=O) groups excluding carboxylic acids is 1. The molecular weight excluding hydrogens is 430 g/mol. The molecule has 0 aliphatic rings. The van der Waals surface area contributed by atoms with Crippen LogP contribution in [0, 0.1) is 13.8 Å². The molecule has 8 heteroatoms. The van der Waals surface area contributed by atoms with Crippen LogP contribution in [0.3, 0.4) is 0 Å². The molecule has 2 N–H and O–H groups in total. The van der Waals surface area contributed by atoms with Crippen molar-refractivity contribution in [2.75, 3.05) is 25.1 Å². The predicted octanol–water partition coefficient (Wildman–Crippen LogP) is 3.86. The zero-order chi connectivity index (χ0) is 24.8. The third-order valence-corrected chi connectivity index (χ3v) is 5.99. The first-order valence-electron chi connectivity index (χ1n) is 11.8. The fourth-order valence-electron chi connectivity index (χ4n) is 3.89. The Morgan fingerprint density at radius 1 is 1.15 bits per heavy atom. The van der Waals surface area contributed by atoms with Gasteiger partial charge in [-0.05, 0) is 81.5 Å². The van der Waals surface area contributed by atoms with Crippen molar-refractivity contribution in [2.24, 2.45) is 0 Å². The first kappa shape index (κ1) is 25.4. The number of pyridine rings is 1. The summed E-state index contributed by atoms with van der Waals surface area (Å²) in [5.74, 6) is 1.80. The molecule has 0 bridgehead atoms. The number of anilines is 1. The molecule has 182 valence electrons. The number of carbonyl (C=O) groups is 1. The molecule has 2 aromatic heterocycles. The molecule has 2 heterocycles. The summed E-state index contributed by atoms with van der Waals surface area (Å²) in [6, 6.07) is 8.36. The Balaban J connectivity index is 1.87. The highest BCUT2D eigenvalue weighted by Crippen LogP contribution is 2.29. The van der Waals surface area contributed by atoms with Crippen LogP contribution in [0.2, 0.25) is 0 Å². The molecule has 0 radical (unpaired) electrons. The highest BCUT2D eigenvalue weighted by molar-refractivity contribution is 5.76. The average Bonchev–Trinajstić information content (AvgIpc) is 3.31. The monoisotopic (exact) mass is 465 g/mol. The maximum absolute atomic E-state index is 12.0. The van der Waals surface area contributed by atoms with Crippen molar-refractivity contribution in [1.82, 2.24) is 20.4 Å². The lowest BCUT2D eigenvalue weighted by Gasteiger charge is -2.23. The molecule has 34 heavy (non-hydrogen) atoms. The van der Waals surface area contributed by atoms with Gasteiger partial charge in [-0.2, -0.15) is 4.98 Å². The Kier molecular flexibility index (Phi) is 8.39. The fourth-order valence-corrected chi connectivity index (χ4v) is 3.89. The fraction of sp³-hybridized carbons (Fsp3) is 0.462. The van der Waals surface area contributed by atoms with Gasteiger partial charge in [0.1, 0.15) is 5.82 Å². The lowest BCUT2D eigenvalue weighted by Crippen LogP contribution is -2.26. The summed E-state index contributed by atoms with van der Waals surface area (Å²) in [7, 11) is 2.02. The Labute approximate surface area is 201 Å². The maximum atomic E-state index is 12.0. The third kappa shape index (κ3) is 5.99. The van der Waals surface area contributed by atoms with Crippen LogP contribution in [0.1, 0.15) is 49.6 Å². The van der Waals surface area contributed by atoms with Crippen LogP contribution in [-0.4, -0.2) is 52.4 Å². The topological polar surface area (TPSA) is 104 Å². The van der Waals surface area contributed by atoms with E-state index in [1.165, 1.54) is 5.56 Å². The van der Waals surface area contributed by atoms with Gasteiger partial charge in [0, 0.05) is 42.9 Å². The van der Waals surface area contributed by atoms with E-state index in [1.807, 2.05) is 39.1 Å². The first-order valence-corrected chi connectivity index (χ1v) is 11.8. The minimum absolute atomic E-state index is 0.0544. The van der Waals surface area contributed by atoms with Gasteiger partial charge < -0.3 is 19.8 Å². The molecule has 0 spiro atoms. The zero-order valence-corrected chi connectivity index (χ0v) is 21.0. The van der Waals surface area contributed by atoms with Crippen LogP contribution < -0.4 is 10.2 Å².